The van der Waals surface area contributed by atoms with E-state index in [9.17, 15) is 23.1 Å². The molecule has 8 nitrogen and oxygen atoms in total. The molecule has 140 valence electrons. The van der Waals surface area contributed by atoms with Crippen LogP contribution in [0.5, 0.6) is 5.75 Å². The summed E-state index contributed by atoms with van der Waals surface area (Å²) < 4.78 is 31.9. The second-order valence-electron chi connectivity index (χ2n) is 5.82. The molecule has 1 fully saturated rings. The van der Waals surface area contributed by atoms with Crippen molar-refractivity contribution >= 4 is 21.9 Å². The highest BCUT2D eigenvalue weighted by Crippen LogP contribution is 2.24. The van der Waals surface area contributed by atoms with E-state index in [-0.39, 0.29) is 11.0 Å². The molecule has 3 atom stereocenters. The van der Waals surface area contributed by atoms with Gasteiger partial charge in [0.15, 0.2) is 6.10 Å². The van der Waals surface area contributed by atoms with Crippen LogP contribution in [0.2, 0.25) is 0 Å². The number of nitrogens with zero attached hydrogens (tertiary/aromatic N) is 1. The number of hydrogen-bond acceptors (Lipinski definition) is 5. The van der Waals surface area contributed by atoms with E-state index in [1.165, 1.54) is 31.2 Å². The van der Waals surface area contributed by atoms with Crippen molar-refractivity contribution in [3.8, 4) is 17.6 Å². The lowest BCUT2D eigenvalue weighted by Gasteiger charge is -2.36. The number of benzene rings is 1. The smallest absolute Gasteiger partial charge is 0.324 e. The third kappa shape index (κ3) is 4.15. The second-order valence-corrected chi connectivity index (χ2v) is 7.71. The summed E-state index contributed by atoms with van der Waals surface area (Å²) in [7, 11) is -4.17. The number of nitrogens with one attached hydrogen (secondary N) is 1. The number of amides is 1. The lowest BCUT2D eigenvalue weighted by molar-refractivity contribution is -0.144. The fourth-order valence-corrected chi connectivity index (χ4v) is 4.31. The Bertz CT molecular complexity index is 853. The van der Waals surface area contributed by atoms with Crippen molar-refractivity contribution in [2.24, 2.45) is 0 Å². The molecule has 3 unspecified atom stereocenters. The van der Waals surface area contributed by atoms with Gasteiger partial charge in [0, 0.05) is 0 Å². The summed E-state index contributed by atoms with van der Waals surface area (Å²) >= 11 is 0. The first-order valence-corrected chi connectivity index (χ1v) is 9.34. The molecule has 0 saturated carbocycles. The minimum Gasteiger partial charge on any atom is -0.480 e. The first kappa shape index (κ1) is 19.8. The van der Waals surface area contributed by atoms with Gasteiger partial charge in [-0.1, -0.05) is 5.92 Å². The maximum Gasteiger partial charge on any atom is 0.324 e. The number of carbonyl (C=O) groups excluding carboxylic acids is 1. The Labute approximate surface area is 152 Å². The number of carbonyl (C=O) groups is 2. The van der Waals surface area contributed by atoms with E-state index < -0.39 is 40.5 Å². The molecule has 1 amide bonds. The van der Waals surface area contributed by atoms with Gasteiger partial charge in [-0.2, -0.15) is 4.31 Å². The molecule has 0 spiro atoms. The summed E-state index contributed by atoms with van der Waals surface area (Å²) in [6.45, 7) is 4.34. The quantitative estimate of drug-likeness (QED) is 0.717. The zero-order valence-electron chi connectivity index (χ0n) is 14.6. The lowest BCUT2D eigenvalue weighted by atomic mass is 10.1. The predicted molar refractivity (Wildman–Crippen MR) is 92.9 cm³/mol. The standard InChI is InChI=1S/C17H20N2O6S/c1-4-5-11(2)25-13-6-8-14(9-7-13)26(23,24)19-10-15(20)18-12(3)16(19)17(21)22/h6-9,11-12,16H,10H2,1-3H3,(H,18,20)(H,21,22). The Morgan fingerprint density at radius 1 is 1.38 bits per heavy atom. The highest BCUT2D eigenvalue weighted by Gasteiger charge is 2.44. The maximum atomic E-state index is 12.8. The molecule has 1 aliphatic rings. The van der Waals surface area contributed by atoms with Crippen molar-refractivity contribution in [2.45, 2.75) is 43.9 Å². The van der Waals surface area contributed by atoms with Crippen LogP contribution < -0.4 is 10.1 Å². The van der Waals surface area contributed by atoms with E-state index in [4.69, 9.17) is 4.74 Å². The molecule has 0 aromatic heterocycles. The summed E-state index contributed by atoms with van der Waals surface area (Å²) in [6, 6.07) is 3.32. The lowest BCUT2D eigenvalue weighted by Crippen LogP contribution is -2.63. The van der Waals surface area contributed by atoms with Gasteiger partial charge >= 0.3 is 5.97 Å². The summed E-state index contributed by atoms with van der Waals surface area (Å²) in [6.07, 6.45) is -0.356. The molecule has 2 rings (SSSR count). The average molecular weight is 380 g/mol. The van der Waals surface area contributed by atoms with Crippen LogP contribution in [-0.4, -0.2) is 54.4 Å². The van der Waals surface area contributed by atoms with Gasteiger partial charge in [-0.05, 0) is 45.0 Å². The van der Waals surface area contributed by atoms with Crippen LogP contribution in [0.1, 0.15) is 20.8 Å². The minimum absolute atomic E-state index is 0.118. The SMILES string of the molecule is CC#CC(C)Oc1ccc(S(=O)(=O)N2CC(=O)NC(C)C2C(=O)O)cc1. The van der Waals surface area contributed by atoms with Crippen LogP contribution in [0.15, 0.2) is 29.2 Å². The third-order valence-electron chi connectivity index (χ3n) is 3.82. The van der Waals surface area contributed by atoms with Crippen molar-refractivity contribution in [1.82, 2.24) is 9.62 Å². The molecule has 0 aliphatic carbocycles. The van der Waals surface area contributed by atoms with E-state index in [2.05, 4.69) is 17.2 Å². The van der Waals surface area contributed by atoms with Gasteiger partial charge in [-0.15, -0.1) is 5.92 Å². The van der Waals surface area contributed by atoms with Gasteiger partial charge in [-0.3, -0.25) is 9.59 Å². The van der Waals surface area contributed by atoms with Gasteiger partial charge in [0.1, 0.15) is 11.8 Å². The molecule has 9 heteroatoms. The van der Waals surface area contributed by atoms with Crippen LogP contribution in [0.4, 0.5) is 0 Å². The van der Waals surface area contributed by atoms with Gasteiger partial charge in [0.25, 0.3) is 0 Å². The fraction of sp³-hybridized carbons (Fsp3) is 0.412. The van der Waals surface area contributed by atoms with Crippen LogP contribution in [0.25, 0.3) is 0 Å². The van der Waals surface area contributed by atoms with Crippen molar-refractivity contribution in [1.29, 1.82) is 0 Å². The molecule has 0 bridgehead atoms. The first-order valence-electron chi connectivity index (χ1n) is 7.90. The number of carboxylic acids is 1. The maximum absolute atomic E-state index is 12.8. The summed E-state index contributed by atoms with van der Waals surface area (Å²) in [5.41, 5.74) is 0. The van der Waals surface area contributed by atoms with Crippen molar-refractivity contribution < 1.29 is 27.9 Å². The molecular formula is C17H20N2O6S. The molecule has 1 saturated heterocycles. The number of hydrogen-bond donors (Lipinski definition) is 2. The van der Waals surface area contributed by atoms with Gasteiger partial charge < -0.3 is 15.2 Å². The molecule has 1 aromatic rings. The van der Waals surface area contributed by atoms with Crippen LogP contribution in [-0.2, 0) is 19.6 Å². The van der Waals surface area contributed by atoms with Gasteiger partial charge in [0.05, 0.1) is 17.5 Å². The molecule has 26 heavy (non-hydrogen) atoms. The molecule has 0 radical (unpaired) electrons. The molecule has 1 aliphatic heterocycles. The fourth-order valence-electron chi connectivity index (χ4n) is 2.70. The summed E-state index contributed by atoms with van der Waals surface area (Å²) in [5, 5.41) is 11.8. The normalized spacial score (nSPS) is 21.9. The Morgan fingerprint density at radius 3 is 2.54 bits per heavy atom. The van der Waals surface area contributed by atoms with E-state index in [1.54, 1.807) is 13.8 Å². The topological polar surface area (TPSA) is 113 Å². The van der Waals surface area contributed by atoms with Crippen molar-refractivity contribution in [2.75, 3.05) is 6.54 Å². The number of aliphatic carboxylic acids is 1. The zero-order chi connectivity index (χ0) is 19.5. The average Bonchev–Trinajstić information content (AvgIpc) is 2.54. The third-order valence-corrected chi connectivity index (χ3v) is 5.66. The van der Waals surface area contributed by atoms with Gasteiger partial charge in [0.2, 0.25) is 15.9 Å². The van der Waals surface area contributed by atoms with E-state index in [0.29, 0.717) is 10.1 Å². The number of piperazine rings is 1. The first-order chi connectivity index (χ1) is 12.2. The second kappa shape index (κ2) is 7.76. The summed E-state index contributed by atoms with van der Waals surface area (Å²) in [4.78, 5) is 23.1. The van der Waals surface area contributed by atoms with E-state index in [1.807, 2.05) is 0 Å². The molecule has 1 aromatic carbocycles. The summed E-state index contributed by atoms with van der Waals surface area (Å²) in [5.74, 6) is 4.08. The monoisotopic (exact) mass is 380 g/mol. The zero-order valence-corrected chi connectivity index (χ0v) is 15.4. The highest BCUT2D eigenvalue weighted by atomic mass is 32.2. The minimum atomic E-state index is -4.17. The van der Waals surface area contributed by atoms with Crippen molar-refractivity contribution in [3.05, 3.63) is 24.3 Å². The molecule has 1 heterocycles. The predicted octanol–water partition coefficient (Wildman–Crippen LogP) is 0.439. The Morgan fingerprint density at radius 2 is 2.00 bits per heavy atom. The van der Waals surface area contributed by atoms with Crippen LogP contribution >= 0.6 is 0 Å². The molecule has 2 N–H and O–H groups in total. The largest absolute Gasteiger partial charge is 0.480 e. The number of carboxylic acid groups (broad SMARTS) is 1. The van der Waals surface area contributed by atoms with Crippen LogP contribution in [0, 0.1) is 11.8 Å². The Balaban J connectivity index is 2.31. The van der Waals surface area contributed by atoms with Crippen molar-refractivity contribution in [3.63, 3.8) is 0 Å². The Kier molecular flexibility index (Phi) is 5.90. The van der Waals surface area contributed by atoms with Gasteiger partial charge in [-0.25, -0.2) is 8.42 Å². The Hall–Kier alpha value is -2.57. The highest BCUT2D eigenvalue weighted by molar-refractivity contribution is 7.89. The number of sulfonamides is 1. The van der Waals surface area contributed by atoms with E-state index >= 15 is 0 Å². The molecular weight excluding hydrogens is 360 g/mol. The number of ether oxygens (including phenoxy) is 1. The van der Waals surface area contributed by atoms with Crippen LogP contribution in [0.3, 0.4) is 0 Å². The van der Waals surface area contributed by atoms with E-state index in [0.717, 1.165) is 0 Å². The number of rotatable bonds is 5.